The molecule has 2 rings (SSSR count). The molecule has 1 aliphatic rings. The normalized spacial score (nSPS) is 16.1. The first-order valence-corrected chi connectivity index (χ1v) is 7.19. The molecule has 1 aromatic heterocycles. The molecule has 1 saturated heterocycles. The van der Waals surface area contributed by atoms with Gasteiger partial charge in [-0.1, -0.05) is 11.8 Å². The van der Waals surface area contributed by atoms with Crippen molar-refractivity contribution in [3.63, 3.8) is 0 Å². The largest absolute Gasteiger partial charge is 0.369 e. The van der Waals surface area contributed by atoms with Crippen molar-refractivity contribution in [2.24, 2.45) is 11.7 Å². The molecular weight excluding hydrogens is 280 g/mol. The number of likely N-dealkylation sites (tertiary alicyclic amines) is 1. The number of thioether (sulfide) groups is 1. The van der Waals surface area contributed by atoms with E-state index in [4.69, 9.17) is 11.5 Å². The Labute approximate surface area is 120 Å². The van der Waals surface area contributed by atoms with E-state index < -0.39 is 0 Å². The van der Waals surface area contributed by atoms with Gasteiger partial charge in [-0.2, -0.15) is 4.98 Å². The third-order valence-electron chi connectivity index (χ3n) is 3.14. The van der Waals surface area contributed by atoms with E-state index in [1.54, 1.807) is 4.90 Å². The quantitative estimate of drug-likeness (QED) is 0.701. The molecule has 4 N–H and O–H groups in total. The smallest absolute Gasteiger partial charge is 0.233 e. The first kappa shape index (κ1) is 14.5. The number of rotatable bonds is 4. The average Bonchev–Trinajstić information content (AvgIpc) is 2.45. The van der Waals surface area contributed by atoms with Crippen molar-refractivity contribution >= 4 is 29.5 Å². The van der Waals surface area contributed by atoms with Crippen molar-refractivity contribution in [3.05, 3.63) is 6.33 Å². The number of amides is 2. The van der Waals surface area contributed by atoms with Crippen LogP contribution < -0.4 is 11.5 Å². The average molecular weight is 296 g/mol. The van der Waals surface area contributed by atoms with Gasteiger partial charge in [-0.25, -0.2) is 9.97 Å². The minimum Gasteiger partial charge on any atom is -0.369 e. The molecule has 0 aliphatic carbocycles. The molecule has 20 heavy (non-hydrogen) atoms. The highest BCUT2D eigenvalue weighted by Gasteiger charge is 2.25. The number of carbonyl (C=O) groups is 2. The maximum absolute atomic E-state index is 12.0. The minimum absolute atomic E-state index is 0.00287. The number of nitrogen functional groups attached to an aromatic ring is 1. The van der Waals surface area contributed by atoms with Crippen LogP contribution in [0.3, 0.4) is 0 Å². The molecule has 0 bridgehead atoms. The van der Waals surface area contributed by atoms with Crippen molar-refractivity contribution in [1.29, 1.82) is 0 Å². The summed E-state index contributed by atoms with van der Waals surface area (Å²) in [5.74, 6) is -0.0266. The van der Waals surface area contributed by atoms with Crippen LogP contribution >= 0.6 is 11.8 Å². The molecule has 1 fully saturated rings. The molecule has 0 radical (unpaired) electrons. The van der Waals surface area contributed by atoms with Crippen LogP contribution in [0.2, 0.25) is 0 Å². The van der Waals surface area contributed by atoms with E-state index in [2.05, 4.69) is 15.0 Å². The van der Waals surface area contributed by atoms with Gasteiger partial charge in [-0.15, -0.1) is 0 Å². The second-order valence-corrected chi connectivity index (χ2v) is 5.41. The second kappa shape index (κ2) is 6.51. The molecule has 8 nitrogen and oxygen atoms in total. The molecule has 2 heterocycles. The summed E-state index contributed by atoms with van der Waals surface area (Å²) >= 11 is 1.22. The molecule has 0 unspecified atom stereocenters. The Morgan fingerprint density at radius 3 is 2.65 bits per heavy atom. The van der Waals surface area contributed by atoms with Gasteiger partial charge in [0.1, 0.15) is 6.33 Å². The summed E-state index contributed by atoms with van der Waals surface area (Å²) in [7, 11) is 0. The Hall–Kier alpha value is -1.90. The Bertz CT molecular complexity index is 503. The van der Waals surface area contributed by atoms with Crippen molar-refractivity contribution in [3.8, 4) is 0 Å². The van der Waals surface area contributed by atoms with Gasteiger partial charge >= 0.3 is 0 Å². The summed E-state index contributed by atoms with van der Waals surface area (Å²) < 4.78 is 0. The van der Waals surface area contributed by atoms with Gasteiger partial charge in [0, 0.05) is 19.0 Å². The highest BCUT2D eigenvalue weighted by Crippen LogP contribution is 2.19. The number of hydrogen-bond acceptors (Lipinski definition) is 7. The summed E-state index contributed by atoms with van der Waals surface area (Å²) in [6, 6.07) is 0. The molecule has 0 spiro atoms. The maximum atomic E-state index is 12.0. The molecule has 2 amide bonds. The first-order chi connectivity index (χ1) is 9.56. The topological polar surface area (TPSA) is 128 Å². The van der Waals surface area contributed by atoms with E-state index in [0.29, 0.717) is 31.1 Å². The fourth-order valence-corrected chi connectivity index (χ4v) is 2.71. The van der Waals surface area contributed by atoms with Gasteiger partial charge in [0.05, 0.1) is 5.75 Å². The van der Waals surface area contributed by atoms with Gasteiger partial charge in [0.25, 0.3) is 0 Å². The van der Waals surface area contributed by atoms with Crippen molar-refractivity contribution in [2.75, 3.05) is 24.6 Å². The maximum Gasteiger partial charge on any atom is 0.233 e. The molecule has 0 aromatic carbocycles. The summed E-state index contributed by atoms with van der Waals surface area (Å²) in [5.41, 5.74) is 10.7. The molecule has 0 saturated carbocycles. The summed E-state index contributed by atoms with van der Waals surface area (Å²) in [6.45, 7) is 1.12. The van der Waals surface area contributed by atoms with E-state index in [9.17, 15) is 9.59 Å². The SMILES string of the molecule is NC(=O)C1CCN(C(=O)CSc2ncnc(N)n2)CC1. The number of piperidine rings is 1. The summed E-state index contributed by atoms with van der Waals surface area (Å²) in [5, 5.41) is 0.429. The fourth-order valence-electron chi connectivity index (χ4n) is 1.99. The van der Waals surface area contributed by atoms with Crippen LogP contribution in [0.15, 0.2) is 11.5 Å². The predicted octanol–water partition coefficient (Wildman–Crippen LogP) is -0.730. The number of carbonyl (C=O) groups excluding carboxylic acids is 2. The van der Waals surface area contributed by atoms with Gasteiger partial charge in [-0.05, 0) is 12.8 Å². The van der Waals surface area contributed by atoms with Crippen LogP contribution in [0.4, 0.5) is 5.95 Å². The molecule has 1 aromatic rings. The lowest BCUT2D eigenvalue weighted by Gasteiger charge is -2.30. The van der Waals surface area contributed by atoms with Gasteiger partial charge in [0.15, 0.2) is 5.16 Å². The number of primary amides is 1. The van der Waals surface area contributed by atoms with E-state index in [0.717, 1.165) is 0 Å². The lowest BCUT2D eigenvalue weighted by atomic mass is 9.96. The highest BCUT2D eigenvalue weighted by molar-refractivity contribution is 7.99. The van der Waals surface area contributed by atoms with Crippen LogP contribution in [0.1, 0.15) is 12.8 Å². The third-order valence-corrected chi connectivity index (χ3v) is 3.99. The third kappa shape index (κ3) is 3.80. The zero-order valence-electron chi connectivity index (χ0n) is 10.9. The monoisotopic (exact) mass is 296 g/mol. The fraction of sp³-hybridized carbons (Fsp3) is 0.545. The summed E-state index contributed by atoms with van der Waals surface area (Å²) in [6.07, 6.45) is 2.57. The van der Waals surface area contributed by atoms with E-state index in [1.165, 1.54) is 18.1 Å². The van der Waals surface area contributed by atoms with Crippen molar-refractivity contribution in [1.82, 2.24) is 19.9 Å². The van der Waals surface area contributed by atoms with E-state index >= 15 is 0 Å². The molecule has 108 valence electrons. The van der Waals surface area contributed by atoms with Crippen LogP contribution in [0.25, 0.3) is 0 Å². The van der Waals surface area contributed by atoms with Gasteiger partial charge in [0.2, 0.25) is 17.8 Å². The molecule has 0 atom stereocenters. The standard InChI is InChI=1S/C11H16N6O2S/c12-9(19)7-1-3-17(4-2-7)8(18)5-20-11-15-6-14-10(13)16-11/h6-7H,1-5H2,(H2,12,19)(H2,13,14,15,16). The Morgan fingerprint density at radius 1 is 1.35 bits per heavy atom. The number of hydrogen-bond donors (Lipinski definition) is 2. The Kier molecular flexibility index (Phi) is 4.72. The number of nitrogens with two attached hydrogens (primary N) is 2. The number of anilines is 1. The highest BCUT2D eigenvalue weighted by atomic mass is 32.2. The summed E-state index contributed by atoms with van der Waals surface area (Å²) in [4.78, 5) is 36.3. The lowest BCUT2D eigenvalue weighted by molar-refractivity contribution is -0.132. The van der Waals surface area contributed by atoms with Crippen LogP contribution in [0, 0.1) is 5.92 Å². The predicted molar refractivity (Wildman–Crippen MR) is 73.5 cm³/mol. The zero-order chi connectivity index (χ0) is 14.5. The van der Waals surface area contributed by atoms with E-state index in [1.807, 2.05) is 0 Å². The lowest BCUT2D eigenvalue weighted by Crippen LogP contribution is -2.42. The van der Waals surface area contributed by atoms with Gasteiger partial charge in [-0.3, -0.25) is 9.59 Å². The van der Waals surface area contributed by atoms with Gasteiger partial charge < -0.3 is 16.4 Å². The number of nitrogens with zero attached hydrogens (tertiary/aromatic N) is 4. The minimum atomic E-state index is -0.285. The van der Waals surface area contributed by atoms with Crippen LogP contribution in [-0.4, -0.2) is 50.5 Å². The molecule has 1 aliphatic heterocycles. The first-order valence-electron chi connectivity index (χ1n) is 6.20. The van der Waals surface area contributed by atoms with Crippen LogP contribution in [-0.2, 0) is 9.59 Å². The van der Waals surface area contributed by atoms with Crippen molar-refractivity contribution in [2.45, 2.75) is 18.0 Å². The van der Waals surface area contributed by atoms with Crippen LogP contribution in [0.5, 0.6) is 0 Å². The zero-order valence-corrected chi connectivity index (χ0v) is 11.7. The van der Waals surface area contributed by atoms with Crippen molar-refractivity contribution < 1.29 is 9.59 Å². The molecular formula is C11H16N6O2S. The Morgan fingerprint density at radius 2 is 2.05 bits per heavy atom. The number of aromatic nitrogens is 3. The Balaban J connectivity index is 1.80. The van der Waals surface area contributed by atoms with E-state index in [-0.39, 0.29) is 29.4 Å². The molecule has 9 heteroatoms. The second-order valence-electron chi connectivity index (χ2n) is 4.47.